The Labute approximate surface area is 102 Å². The summed E-state index contributed by atoms with van der Waals surface area (Å²) < 4.78 is 0. The summed E-state index contributed by atoms with van der Waals surface area (Å²) in [5, 5.41) is 3.59. The van der Waals surface area contributed by atoms with Gasteiger partial charge in [-0.05, 0) is 25.3 Å². The third-order valence-corrected chi connectivity index (χ3v) is 3.79. The van der Waals surface area contributed by atoms with Gasteiger partial charge in [0, 0.05) is 43.5 Å². The topological polar surface area (TPSA) is 54.2 Å². The van der Waals surface area contributed by atoms with Crippen LogP contribution in [-0.4, -0.2) is 35.1 Å². The molecule has 0 aromatic carbocycles. The first-order valence-electron chi connectivity index (χ1n) is 6.50. The van der Waals surface area contributed by atoms with E-state index in [0.717, 1.165) is 18.2 Å². The van der Waals surface area contributed by atoms with E-state index in [2.05, 4.69) is 15.2 Å². The second kappa shape index (κ2) is 4.63. The molecule has 4 nitrogen and oxygen atoms in total. The maximum absolute atomic E-state index is 5.83. The van der Waals surface area contributed by atoms with Crippen LogP contribution >= 0.6 is 0 Å². The fraction of sp³-hybridized carbons (Fsp3) is 0.615. The lowest BCUT2D eigenvalue weighted by atomic mass is 10.2. The number of anilines is 1. The van der Waals surface area contributed by atoms with Crippen LogP contribution in [0, 0.1) is 0 Å². The van der Waals surface area contributed by atoms with Gasteiger partial charge in [0.15, 0.2) is 0 Å². The van der Waals surface area contributed by atoms with Crippen molar-refractivity contribution in [3.8, 4) is 0 Å². The largest absolute Gasteiger partial charge is 0.383 e. The number of rotatable bonds is 4. The molecule has 1 aromatic heterocycles. The molecule has 1 unspecified atom stereocenters. The Morgan fingerprint density at radius 2 is 2.29 bits per heavy atom. The summed E-state index contributed by atoms with van der Waals surface area (Å²) in [6.45, 7) is 3.29. The van der Waals surface area contributed by atoms with Crippen LogP contribution in [0.3, 0.4) is 0 Å². The predicted octanol–water partition coefficient (Wildman–Crippen LogP) is 0.990. The number of aromatic nitrogens is 1. The molecule has 2 fully saturated rings. The van der Waals surface area contributed by atoms with Gasteiger partial charge in [0.1, 0.15) is 5.82 Å². The number of hydrogen-bond donors (Lipinski definition) is 2. The molecule has 2 aliphatic rings. The molecular formula is C13H20N4. The van der Waals surface area contributed by atoms with Crippen molar-refractivity contribution in [3.63, 3.8) is 0 Å². The number of pyridine rings is 1. The Morgan fingerprint density at radius 3 is 3.06 bits per heavy atom. The molecule has 92 valence electrons. The average molecular weight is 232 g/mol. The standard InChI is InChI=1S/C13H20N4/c14-13-10(2-1-6-15-13)8-16-11-5-7-17(9-11)12-3-4-12/h1-2,6,11-12,16H,3-5,7-9H2,(H2,14,15). The van der Waals surface area contributed by atoms with E-state index in [4.69, 9.17) is 5.73 Å². The summed E-state index contributed by atoms with van der Waals surface area (Å²) in [5.74, 6) is 0.650. The smallest absolute Gasteiger partial charge is 0.127 e. The summed E-state index contributed by atoms with van der Waals surface area (Å²) in [6, 6.07) is 5.50. The van der Waals surface area contributed by atoms with Crippen molar-refractivity contribution in [2.75, 3.05) is 18.8 Å². The van der Waals surface area contributed by atoms with Crippen LogP contribution in [0.25, 0.3) is 0 Å². The van der Waals surface area contributed by atoms with Crippen LogP contribution in [-0.2, 0) is 6.54 Å². The van der Waals surface area contributed by atoms with E-state index in [0.29, 0.717) is 11.9 Å². The summed E-state index contributed by atoms with van der Waals surface area (Å²) >= 11 is 0. The Bertz CT molecular complexity index is 389. The van der Waals surface area contributed by atoms with E-state index in [9.17, 15) is 0 Å². The third kappa shape index (κ3) is 2.58. The highest BCUT2D eigenvalue weighted by atomic mass is 15.2. The highest BCUT2D eigenvalue weighted by Crippen LogP contribution is 2.29. The molecule has 3 rings (SSSR count). The summed E-state index contributed by atoms with van der Waals surface area (Å²) in [7, 11) is 0. The van der Waals surface area contributed by atoms with E-state index in [-0.39, 0.29) is 0 Å². The van der Waals surface area contributed by atoms with Crippen LogP contribution in [0.5, 0.6) is 0 Å². The van der Waals surface area contributed by atoms with Gasteiger partial charge in [-0.3, -0.25) is 4.90 Å². The van der Waals surface area contributed by atoms with Crippen molar-refractivity contribution < 1.29 is 0 Å². The van der Waals surface area contributed by atoms with E-state index >= 15 is 0 Å². The lowest BCUT2D eigenvalue weighted by Crippen LogP contribution is -2.33. The van der Waals surface area contributed by atoms with E-state index in [1.165, 1.54) is 32.4 Å². The predicted molar refractivity (Wildman–Crippen MR) is 68.5 cm³/mol. The van der Waals surface area contributed by atoms with Gasteiger partial charge in [-0.2, -0.15) is 0 Å². The monoisotopic (exact) mass is 232 g/mol. The molecule has 0 spiro atoms. The van der Waals surface area contributed by atoms with Crippen LogP contribution in [0.1, 0.15) is 24.8 Å². The molecule has 1 aromatic rings. The fourth-order valence-corrected chi connectivity index (χ4v) is 2.58. The number of nitrogen functional groups attached to an aromatic ring is 1. The summed E-state index contributed by atoms with van der Waals surface area (Å²) in [6.07, 6.45) is 5.81. The van der Waals surface area contributed by atoms with Gasteiger partial charge in [-0.1, -0.05) is 6.07 Å². The van der Waals surface area contributed by atoms with Gasteiger partial charge in [0.05, 0.1) is 0 Å². The Hall–Kier alpha value is -1.13. The van der Waals surface area contributed by atoms with E-state index < -0.39 is 0 Å². The van der Waals surface area contributed by atoms with Gasteiger partial charge >= 0.3 is 0 Å². The number of nitrogens with one attached hydrogen (secondary N) is 1. The van der Waals surface area contributed by atoms with Gasteiger partial charge in [-0.25, -0.2) is 4.98 Å². The fourth-order valence-electron chi connectivity index (χ4n) is 2.58. The first-order valence-corrected chi connectivity index (χ1v) is 6.50. The van der Waals surface area contributed by atoms with Gasteiger partial charge in [-0.15, -0.1) is 0 Å². The number of nitrogens with zero attached hydrogens (tertiary/aromatic N) is 2. The molecule has 1 aliphatic heterocycles. The second-order valence-electron chi connectivity index (χ2n) is 5.14. The lowest BCUT2D eigenvalue weighted by molar-refractivity contribution is 0.317. The van der Waals surface area contributed by atoms with Crippen molar-refractivity contribution in [2.45, 2.75) is 37.9 Å². The lowest BCUT2D eigenvalue weighted by Gasteiger charge is -2.16. The second-order valence-corrected chi connectivity index (χ2v) is 5.14. The SMILES string of the molecule is Nc1ncccc1CNC1CCN(C2CC2)C1. The molecule has 17 heavy (non-hydrogen) atoms. The molecule has 0 radical (unpaired) electrons. The van der Waals surface area contributed by atoms with Gasteiger partial charge < -0.3 is 11.1 Å². The molecule has 0 amide bonds. The summed E-state index contributed by atoms with van der Waals surface area (Å²) in [4.78, 5) is 6.72. The number of nitrogens with two attached hydrogens (primary N) is 1. The molecule has 4 heteroatoms. The first-order chi connectivity index (χ1) is 8.33. The molecule has 1 saturated heterocycles. The summed E-state index contributed by atoms with van der Waals surface area (Å²) in [5.41, 5.74) is 6.94. The van der Waals surface area contributed by atoms with Crippen LogP contribution in [0.4, 0.5) is 5.82 Å². The maximum Gasteiger partial charge on any atom is 0.127 e. The highest BCUT2D eigenvalue weighted by molar-refractivity contribution is 5.38. The Kier molecular flexibility index (Phi) is 2.99. The minimum atomic E-state index is 0.621. The zero-order valence-corrected chi connectivity index (χ0v) is 10.1. The minimum Gasteiger partial charge on any atom is -0.383 e. The van der Waals surface area contributed by atoms with Crippen molar-refractivity contribution in [1.29, 1.82) is 0 Å². The van der Waals surface area contributed by atoms with Crippen molar-refractivity contribution >= 4 is 5.82 Å². The van der Waals surface area contributed by atoms with E-state index in [1.54, 1.807) is 6.20 Å². The van der Waals surface area contributed by atoms with Crippen molar-refractivity contribution in [3.05, 3.63) is 23.9 Å². The zero-order chi connectivity index (χ0) is 11.7. The Morgan fingerprint density at radius 1 is 1.41 bits per heavy atom. The van der Waals surface area contributed by atoms with Gasteiger partial charge in [0.2, 0.25) is 0 Å². The molecule has 1 saturated carbocycles. The van der Waals surface area contributed by atoms with Crippen LogP contribution in [0.15, 0.2) is 18.3 Å². The number of hydrogen-bond acceptors (Lipinski definition) is 4. The van der Waals surface area contributed by atoms with Crippen molar-refractivity contribution in [2.24, 2.45) is 0 Å². The molecule has 1 aliphatic carbocycles. The molecule has 2 heterocycles. The minimum absolute atomic E-state index is 0.621. The quantitative estimate of drug-likeness (QED) is 0.813. The molecule has 3 N–H and O–H groups in total. The number of likely N-dealkylation sites (tertiary alicyclic amines) is 1. The first kappa shape index (κ1) is 11.0. The van der Waals surface area contributed by atoms with Crippen LogP contribution < -0.4 is 11.1 Å². The zero-order valence-electron chi connectivity index (χ0n) is 10.1. The average Bonchev–Trinajstić information content (AvgIpc) is 3.08. The molecular weight excluding hydrogens is 212 g/mol. The Balaban J connectivity index is 1.50. The van der Waals surface area contributed by atoms with Gasteiger partial charge in [0.25, 0.3) is 0 Å². The maximum atomic E-state index is 5.83. The molecule has 1 atom stereocenters. The van der Waals surface area contributed by atoms with Crippen molar-refractivity contribution in [1.82, 2.24) is 15.2 Å². The van der Waals surface area contributed by atoms with E-state index in [1.807, 2.05) is 12.1 Å². The highest BCUT2D eigenvalue weighted by Gasteiger charge is 2.34. The van der Waals surface area contributed by atoms with Crippen LogP contribution in [0.2, 0.25) is 0 Å². The third-order valence-electron chi connectivity index (χ3n) is 3.79. The molecule has 0 bridgehead atoms. The normalized spacial score (nSPS) is 25.3.